The Morgan fingerprint density at radius 1 is 1.62 bits per heavy atom. The molecule has 0 aromatic carbocycles. The summed E-state index contributed by atoms with van der Waals surface area (Å²) in [5, 5.41) is 14.1. The average molecular weight is 193 g/mol. The molecule has 13 heavy (non-hydrogen) atoms. The van der Waals surface area contributed by atoms with E-state index < -0.39 is 0 Å². The van der Waals surface area contributed by atoms with Crippen LogP contribution in [0.3, 0.4) is 0 Å². The summed E-state index contributed by atoms with van der Waals surface area (Å²) in [6.45, 7) is 0. The van der Waals surface area contributed by atoms with Gasteiger partial charge >= 0.3 is 0 Å². The van der Waals surface area contributed by atoms with Crippen molar-refractivity contribution >= 4 is 17.6 Å². The van der Waals surface area contributed by atoms with E-state index in [1.165, 1.54) is 17.6 Å². The second-order valence-corrected chi connectivity index (χ2v) is 3.24. The quantitative estimate of drug-likeness (QED) is 0.448. The monoisotopic (exact) mass is 193 g/mol. The van der Waals surface area contributed by atoms with E-state index in [1.54, 1.807) is 6.20 Å². The van der Waals surface area contributed by atoms with Crippen molar-refractivity contribution in [3.8, 4) is 5.13 Å². The van der Waals surface area contributed by atoms with Crippen molar-refractivity contribution in [1.82, 2.24) is 9.55 Å². The molecular formula is C8H7N3OS. The lowest BCUT2D eigenvalue weighted by Gasteiger charge is -1.98. The molecule has 0 fully saturated rings. The number of nitrogens with zero attached hydrogens (tertiary/aromatic N) is 3. The Morgan fingerprint density at radius 2 is 2.54 bits per heavy atom. The van der Waals surface area contributed by atoms with Gasteiger partial charge in [0.15, 0.2) is 5.13 Å². The van der Waals surface area contributed by atoms with Crippen molar-refractivity contribution in [2.24, 2.45) is 5.16 Å². The summed E-state index contributed by atoms with van der Waals surface area (Å²) in [5.74, 6) is 0. The van der Waals surface area contributed by atoms with Gasteiger partial charge < -0.3 is 5.21 Å². The van der Waals surface area contributed by atoms with Gasteiger partial charge in [-0.2, -0.15) is 0 Å². The summed E-state index contributed by atoms with van der Waals surface area (Å²) < 4.78 is 1.85. The molecule has 66 valence electrons. The first-order valence-corrected chi connectivity index (χ1v) is 4.54. The molecule has 0 unspecified atom stereocenters. The van der Waals surface area contributed by atoms with E-state index in [0.717, 1.165) is 10.8 Å². The Labute approximate surface area is 78.8 Å². The highest BCUT2D eigenvalue weighted by Gasteiger charge is 2.02. The number of rotatable bonds is 2. The van der Waals surface area contributed by atoms with E-state index in [0.29, 0.717) is 0 Å². The molecule has 1 N–H and O–H groups in total. The van der Waals surface area contributed by atoms with E-state index in [9.17, 15) is 0 Å². The Morgan fingerprint density at radius 3 is 3.23 bits per heavy atom. The first-order chi connectivity index (χ1) is 6.42. The van der Waals surface area contributed by atoms with Crippen LogP contribution in [0.5, 0.6) is 0 Å². The van der Waals surface area contributed by atoms with E-state index in [2.05, 4.69) is 10.1 Å². The molecule has 0 aliphatic heterocycles. The fraction of sp³-hybridized carbons (Fsp3) is 0. The highest BCUT2D eigenvalue weighted by atomic mass is 32.1. The van der Waals surface area contributed by atoms with Crippen molar-refractivity contribution in [3.63, 3.8) is 0 Å². The summed E-state index contributed by atoms with van der Waals surface area (Å²) in [7, 11) is 0. The minimum Gasteiger partial charge on any atom is -0.411 e. The zero-order chi connectivity index (χ0) is 9.10. The van der Waals surface area contributed by atoms with Gasteiger partial charge in [0.25, 0.3) is 0 Å². The largest absolute Gasteiger partial charge is 0.411 e. The lowest BCUT2D eigenvalue weighted by Crippen LogP contribution is -1.96. The number of hydrogen-bond donors (Lipinski definition) is 1. The van der Waals surface area contributed by atoms with E-state index in [-0.39, 0.29) is 0 Å². The molecule has 2 aromatic heterocycles. The van der Waals surface area contributed by atoms with Gasteiger partial charge in [0, 0.05) is 17.8 Å². The van der Waals surface area contributed by atoms with Crippen molar-refractivity contribution < 1.29 is 5.21 Å². The maximum atomic E-state index is 8.40. The lowest BCUT2D eigenvalue weighted by atomic mass is 10.5. The average Bonchev–Trinajstić information content (AvgIpc) is 2.71. The Balaban J connectivity index is 2.46. The summed E-state index contributed by atoms with van der Waals surface area (Å²) >= 11 is 1.53. The van der Waals surface area contributed by atoms with Crippen molar-refractivity contribution in [2.75, 3.05) is 0 Å². The third kappa shape index (κ3) is 1.46. The molecule has 0 amide bonds. The van der Waals surface area contributed by atoms with Crippen LogP contribution in [-0.4, -0.2) is 21.0 Å². The minimum absolute atomic E-state index is 0.803. The number of aromatic nitrogens is 2. The van der Waals surface area contributed by atoms with E-state index in [4.69, 9.17) is 5.21 Å². The number of oxime groups is 1. The maximum absolute atomic E-state index is 8.40. The van der Waals surface area contributed by atoms with Gasteiger partial charge in [0.2, 0.25) is 0 Å². The number of hydrogen-bond acceptors (Lipinski definition) is 4. The molecule has 0 aliphatic carbocycles. The molecule has 0 saturated carbocycles. The second-order valence-electron chi connectivity index (χ2n) is 2.36. The highest BCUT2D eigenvalue weighted by Crippen LogP contribution is 2.13. The molecular weight excluding hydrogens is 186 g/mol. The lowest BCUT2D eigenvalue weighted by molar-refractivity contribution is 0.321. The Kier molecular flexibility index (Phi) is 2.09. The zero-order valence-corrected chi connectivity index (χ0v) is 7.48. The smallest absolute Gasteiger partial charge is 0.193 e. The van der Waals surface area contributed by atoms with Gasteiger partial charge in [-0.25, -0.2) is 4.98 Å². The molecule has 0 saturated heterocycles. The van der Waals surface area contributed by atoms with Crippen LogP contribution < -0.4 is 0 Å². The fourth-order valence-electron chi connectivity index (χ4n) is 1.07. The molecule has 0 atom stereocenters. The molecule has 0 radical (unpaired) electrons. The maximum Gasteiger partial charge on any atom is 0.193 e. The van der Waals surface area contributed by atoms with Crippen LogP contribution in [0.15, 0.2) is 35.1 Å². The molecule has 0 aliphatic rings. The van der Waals surface area contributed by atoms with Gasteiger partial charge in [-0.1, -0.05) is 5.16 Å². The highest BCUT2D eigenvalue weighted by molar-refractivity contribution is 7.12. The molecule has 0 spiro atoms. The van der Waals surface area contributed by atoms with E-state index in [1.807, 2.05) is 28.3 Å². The van der Waals surface area contributed by atoms with Crippen molar-refractivity contribution in [1.29, 1.82) is 0 Å². The van der Waals surface area contributed by atoms with Crippen LogP contribution >= 0.6 is 11.3 Å². The predicted molar refractivity (Wildman–Crippen MR) is 50.8 cm³/mol. The molecule has 2 rings (SSSR count). The third-order valence-electron chi connectivity index (χ3n) is 1.60. The van der Waals surface area contributed by atoms with E-state index >= 15 is 0 Å². The molecule has 0 bridgehead atoms. The normalized spacial score (nSPS) is 11.1. The summed E-state index contributed by atoms with van der Waals surface area (Å²) in [4.78, 5) is 4.14. The van der Waals surface area contributed by atoms with Crippen LogP contribution in [-0.2, 0) is 0 Å². The van der Waals surface area contributed by atoms with Crippen molar-refractivity contribution in [3.05, 3.63) is 35.6 Å². The fourth-order valence-corrected chi connectivity index (χ4v) is 1.71. The Hall–Kier alpha value is -1.62. The second kappa shape index (κ2) is 3.40. The zero-order valence-electron chi connectivity index (χ0n) is 6.66. The Bertz CT molecular complexity index is 405. The van der Waals surface area contributed by atoms with Crippen LogP contribution in [0.2, 0.25) is 0 Å². The van der Waals surface area contributed by atoms with Crippen LogP contribution in [0.1, 0.15) is 5.69 Å². The van der Waals surface area contributed by atoms with Gasteiger partial charge in [-0.3, -0.25) is 4.57 Å². The topological polar surface area (TPSA) is 50.4 Å². The molecule has 2 heterocycles. The molecule has 5 heteroatoms. The van der Waals surface area contributed by atoms with Gasteiger partial charge in [-0.05, 0) is 12.1 Å². The van der Waals surface area contributed by atoms with Crippen LogP contribution in [0.4, 0.5) is 0 Å². The molecule has 2 aromatic rings. The first kappa shape index (κ1) is 8.00. The van der Waals surface area contributed by atoms with Crippen molar-refractivity contribution in [2.45, 2.75) is 0 Å². The standard InChI is InChI=1S/C8H7N3OS/c12-10-6-7-2-1-4-11(7)8-9-3-5-13-8/h1-6,12H/b10-6+. The van der Waals surface area contributed by atoms with Crippen LogP contribution in [0, 0.1) is 0 Å². The number of thiazole rings is 1. The summed E-state index contributed by atoms with van der Waals surface area (Å²) in [6.07, 6.45) is 4.98. The third-order valence-corrected chi connectivity index (χ3v) is 2.37. The summed E-state index contributed by atoms with van der Waals surface area (Å²) in [6, 6.07) is 3.72. The van der Waals surface area contributed by atoms with Gasteiger partial charge in [-0.15, -0.1) is 11.3 Å². The van der Waals surface area contributed by atoms with Gasteiger partial charge in [0.05, 0.1) is 11.9 Å². The predicted octanol–water partition coefficient (Wildman–Crippen LogP) is 1.74. The van der Waals surface area contributed by atoms with Gasteiger partial charge in [0.1, 0.15) is 0 Å². The van der Waals surface area contributed by atoms with Crippen LogP contribution in [0.25, 0.3) is 5.13 Å². The SMILES string of the molecule is O/N=C/c1cccn1-c1nccs1. The first-order valence-electron chi connectivity index (χ1n) is 3.66. The molecule has 4 nitrogen and oxygen atoms in total. The summed E-state index contributed by atoms with van der Waals surface area (Å²) in [5.41, 5.74) is 0.803. The minimum atomic E-state index is 0.803.